The van der Waals surface area contributed by atoms with E-state index in [0.717, 1.165) is 47.4 Å². The number of carbonyl (C=O) groups is 1. The molecule has 1 saturated heterocycles. The number of aromatic nitrogens is 3. The SMILES string of the molecule is CC(C)c1cc(CCC2CCCCC2)nc2cc(C(=O)N3CCSCC3(C)C)nn12. The van der Waals surface area contributed by atoms with Crippen LogP contribution in [0.15, 0.2) is 12.1 Å². The smallest absolute Gasteiger partial charge is 0.274 e. The molecule has 0 spiro atoms. The largest absolute Gasteiger partial charge is 0.330 e. The number of aryl methyl sites for hydroxylation is 1. The van der Waals surface area contributed by atoms with Gasteiger partial charge in [0.15, 0.2) is 11.3 Å². The third-order valence-electron chi connectivity index (χ3n) is 6.74. The molecular weight excluding hydrogens is 392 g/mol. The zero-order chi connectivity index (χ0) is 21.3. The van der Waals surface area contributed by atoms with Crippen molar-refractivity contribution in [3.05, 3.63) is 29.2 Å². The molecule has 0 unspecified atom stereocenters. The van der Waals surface area contributed by atoms with Crippen LogP contribution in [0.1, 0.15) is 94.0 Å². The van der Waals surface area contributed by atoms with Crippen molar-refractivity contribution in [2.45, 2.75) is 84.1 Å². The number of amides is 1. The lowest BCUT2D eigenvalue weighted by Gasteiger charge is -2.41. The Bertz CT molecular complexity index is 898. The van der Waals surface area contributed by atoms with Crippen LogP contribution in [0.4, 0.5) is 0 Å². The van der Waals surface area contributed by atoms with Crippen molar-refractivity contribution in [1.29, 1.82) is 0 Å². The van der Waals surface area contributed by atoms with Gasteiger partial charge in [-0.15, -0.1) is 0 Å². The number of carbonyl (C=O) groups excluding carboxylic acids is 1. The lowest BCUT2D eigenvalue weighted by molar-refractivity contribution is 0.0591. The minimum atomic E-state index is -0.144. The Morgan fingerprint density at radius 3 is 2.70 bits per heavy atom. The van der Waals surface area contributed by atoms with Gasteiger partial charge in [0.1, 0.15) is 0 Å². The second-order valence-corrected chi connectivity index (χ2v) is 11.1. The molecule has 2 aromatic heterocycles. The average molecular weight is 429 g/mol. The van der Waals surface area contributed by atoms with E-state index in [0.29, 0.717) is 11.6 Å². The summed E-state index contributed by atoms with van der Waals surface area (Å²) in [5.41, 5.74) is 3.48. The van der Waals surface area contributed by atoms with Crippen LogP contribution in [0.5, 0.6) is 0 Å². The molecular formula is C24H36N4OS. The monoisotopic (exact) mass is 428 g/mol. The number of hydrogen-bond donors (Lipinski definition) is 0. The van der Waals surface area contributed by atoms with E-state index in [1.54, 1.807) is 0 Å². The predicted octanol–water partition coefficient (Wildman–Crippen LogP) is 5.33. The maximum absolute atomic E-state index is 13.3. The van der Waals surface area contributed by atoms with E-state index in [2.05, 4.69) is 33.8 Å². The van der Waals surface area contributed by atoms with Crippen molar-refractivity contribution in [2.24, 2.45) is 5.92 Å². The Morgan fingerprint density at radius 2 is 2.00 bits per heavy atom. The summed E-state index contributed by atoms with van der Waals surface area (Å²) < 4.78 is 1.90. The van der Waals surface area contributed by atoms with E-state index in [9.17, 15) is 4.79 Å². The first kappa shape index (κ1) is 21.7. The van der Waals surface area contributed by atoms with E-state index < -0.39 is 0 Å². The molecule has 4 rings (SSSR count). The number of nitrogens with zero attached hydrogens (tertiary/aromatic N) is 4. The summed E-state index contributed by atoms with van der Waals surface area (Å²) in [6.07, 6.45) is 9.15. The van der Waals surface area contributed by atoms with E-state index in [1.807, 2.05) is 27.2 Å². The van der Waals surface area contributed by atoms with Gasteiger partial charge < -0.3 is 4.90 Å². The molecule has 1 aliphatic carbocycles. The number of fused-ring (bicyclic) bond motifs is 1. The first-order valence-corrected chi connectivity index (χ1v) is 12.8. The lowest BCUT2D eigenvalue weighted by atomic mass is 9.86. The van der Waals surface area contributed by atoms with Crippen molar-refractivity contribution in [3.63, 3.8) is 0 Å². The van der Waals surface area contributed by atoms with E-state index in [-0.39, 0.29) is 11.4 Å². The minimum absolute atomic E-state index is 0.0317. The summed E-state index contributed by atoms with van der Waals surface area (Å²) in [6.45, 7) is 9.45. The Kier molecular flexibility index (Phi) is 6.42. The molecule has 1 saturated carbocycles. The van der Waals surface area contributed by atoms with Crippen LogP contribution in [0.3, 0.4) is 0 Å². The van der Waals surface area contributed by atoms with Crippen LogP contribution < -0.4 is 0 Å². The quantitative estimate of drug-likeness (QED) is 0.645. The highest BCUT2D eigenvalue weighted by atomic mass is 32.2. The van der Waals surface area contributed by atoms with E-state index in [1.165, 1.54) is 38.5 Å². The Labute approximate surface area is 185 Å². The fraction of sp³-hybridized carbons (Fsp3) is 0.708. The molecule has 30 heavy (non-hydrogen) atoms. The van der Waals surface area contributed by atoms with Gasteiger partial charge >= 0.3 is 0 Å². The molecule has 2 aliphatic rings. The summed E-state index contributed by atoms with van der Waals surface area (Å²) in [7, 11) is 0. The third-order valence-corrected chi connectivity index (χ3v) is 8.12. The van der Waals surface area contributed by atoms with Gasteiger partial charge in [0.2, 0.25) is 0 Å². The maximum atomic E-state index is 13.3. The highest BCUT2D eigenvalue weighted by Gasteiger charge is 2.35. The third kappa shape index (κ3) is 4.53. The zero-order valence-electron chi connectivity index (χ0n) is 19.0. The Balaban J connectivity index is 1.60. The van der Waals surface area contributed by atoms with Gasteiger partial charge in [-0.1, -0.05) is 46.0 Å². The number of rotatable bonds is 5. The summed E-state index contributed by atoms with van der Waals surface area (Å²) in [4.78, 5) is 20.2. The van der Waals surface area contributed by atoms with Crippen LogP contribution in [0.2, 0.25) is 0 Å². The fourth-order valence-electron chi connectivity index (χ4n) is 4.90. The van der Waals surface area contributed by atoms with Crippen LogP contribution in [-0.4, -0.2) is 49.0 Å². The van der Waals surface area contributed by atoms with Gasteiger partial charge in [0.25, 0.3) is 5.91 Å². The molecule has 2 aromatic rings. The first-order valence-electron chi connectivity index (χ1n) is 11.6. The van der Waals surface area contributed by atoms with Gasteiger partial charge in [-0.05, 0) is 44.6 Å². The number of thioether (sulfide) groups is 1. The molecule has 3 heterocycles. The number of hydrogen-bond acceptors (Lipinski definition) is 4. The van der Waals surface area contributed by atoms with Gasteiger partial charge in [-0.25, -0.2) is 9.50 Å². The van der Waals surface area contributed by atoms with E-state index >= 15 is 0 Å². The summed E-state index contributed by atoms with van der Waals surface area (Å²) in [6, 6.07) is 4.11. The molecule has 5 nitrogen and oxygen atoms in total. The van der Waals surface area contributed by atoms with Crippen molar-refractivity contribution in [3.8, 4) is 0 Å². The molecule has 6 heteroatoms. The summed E-state index contributed by atoms with van der Waals surface area (Å²) in [5, 5.41) is 4.72. The van der Waals surface area contributed by atoms with Crippen LogP contribution in [-0.2, 0) is 6.42 Å². The van der Waals surface area contributed by atoms with Crippen molar-refractivity contribution < 1.29 is 4.79 Å². The second-order valence-electron chi connectivity index (χ2n) is 9.99. The fourth-order valence-corrected chi connectivity index (χ4v) is 6.01. The first-order chi connectivity index (χ1) is 14.3. The van der Waals surface area contributed by atoms with Crippen LogP contribution >= 0.6 is 11.8 Å². The Hall–Kier alpha value is -1.56. The van der Waals surface area contributed by atoms with Crippen molar-refractivity contribution in [1.82, 2.24) is 19.5 Å². The predicted molar refractivity (Wildman–Crippen MR) is 124 cm³/mol. The molecule has 1 aliphatic heterocycles. The second kappa shape index (κ2) is 8.89. The van der Waals surface area contributed by atoms with Crippen LogP contribution in [0, 0.1) is 5.92 Å². The molecule has 0 N–H and O–H groups in total. The highest BCUT2D eigenvalue weighted by Crippen LogP contribution is 2.29. The standard InChI is InChI=1S/C24H36N4OS/c1-17(2)21-14-19(11-10-18-8-6-5-7-9-18)25-22-15-20(26-28(21)22)23(29)27-12-13-30-16-24(27,3)4/h14-15,17-18H,5-13,16H2,1-4H3. The molecule has 0 radical (unpaired) electrons. The molecule has 0 bridgehead atoms. The van der Waals surface area contributed by atoms with Gasteiger partial charge in [0, 0.05) is 41.0 Å². The Morgan fingerprint density at radius 1 is 1.23 bits per heavy atom. The summed E-state index contributed by atoms with van der Waals surface area (Å²) in [5.74, 6) is 3.16. The minimum Gasteiger partial charge on any atom is -0.330 e. The summed E-state index contributed by atoms with van der Waals surface area (Å²) >= 11 is 1.92. The van der Waals surface area contributed by atoms with Crippen molar-refractivity contribution >= 4 is 23.3 Å². The molecule has 0 atom stereocenters. The normalized spacial score (nSPS) is 20.2. The molecule has 164 valence electrons. The van der Waals surface area contributed by atoms with Gasteiger partial charge in [0.05, 0.1) is 0 Å². The van der Waals surface area contributed by atoms with Gasteiger partial charge in [-0.3, -0.25) is 4.79 Å². The topological polar surface area (TPSA) is 50.5 Å². The molecule has 2 fully saturated rings. The van der Waals surface area contributed by atoms with E-state index in [4.69, 9.17) is 10.1 Å². The van der Waals surface area contributed by atoms with Crippen LogP contribution in [0.25, 0.3) is 5.65 Å². The molecule has 0 aromatic carbocycles. The van der Waals surface area contributed by atoms with Gasteiger partial charge in [-0.2, -0.15) is 16.9 Å². The lowest BCUT2D eigenvalue weighted by Crippen LogP contribution is -2.53. The highest BCUT2D eigenvalue weighted by molar-refractivity contribution is 7.99. The molecule has 1 amide bonds. The zero-order valence-corrected chi connectivity index (χ0v) is 19.8. The average Bonchev–Trinajstić information content (AvgIpc) is 3.15. The maximum Gasteiger partial charge on any atom is 0.274 e. The van der Waals surface area contributed by atoms with Crippen molar-refractivity contribution in [2.75, 3.05) is 18.1 Å².